The Bertz CT molecular complexity index is 762. The number of primary amides is 1. The van der Waals surface area contributed by atoms with Crippen molar-refractivity contribution in [3.8, 4) is 0 Å². The second-order valence-corrected chi connectivity index (χ2v) is 8.37. The zero-order chi connectivity index (χ0) is 24.2. The number of carbonyl (C=O) groups excluding carboxylic acids is 4. The SMILES string of the molecule is C[C@H](NC(=O)[C@H]1CCN(C(=O)[C@H]2CCN(C(=O)[C@H](O)[C@H](C)NC(=O)O)C2)C1)[C@@H](O)C(N)=O. The first-order valence-corrected chi connectivity index (χ1v) is 10.4. The van der Waals surface area contributed by atoms with Crippen LogP contribution in [0.1, 0.15) is 26.7 Å². The minimum atomic E-state index is -1.56. The fraction of sp³-hybridized carbons (Fsp3) is 0.737. The highest BCUT2D eigenvalue weighted by molar-refractivity contribution is 5.86. The molecule has 0 aliphatic carbocycles. The van der Waals surface area contributed by atoms with Crippen molar-refractivity contribution in [1.29, 1.82) is 0 Å². The molecule has 180 valence electrons. The van der Waals surface area contributed by atoms with Gasteiger partial charge in [-0.05, 0) is 26.7 Å². The second kappa shape index (κ2) is 10.6. The summed E-state index contributed by atoms with van der Waals surface area (Å²) in [6.45, 7) is 3.72. The summed E-state index contributed by atoms with van der Waals surface area (Å²) in [6, 6.07) is -1.85. The van der Waals surface area contributed by atoms with Crippen LogP contribution in [0, 0.1) is 11.8 Å². The Morgan fingerprint density at radius 2 is 1.41 bits per heavy atom. The Kier molecular flexibility index (Phi) is 8.38. The molecule has 13 heteroatoms. The lowest BCUT2D eigenvalue weighted by molar-refractivity contribution is -0.141. The molecule has 6 atom stereocenters. The maximum Gasteiger partial charge on any atom is 0.404 e. The molecular formula is C19H31N5O8. The topological polar surface area (TPSA) is 203 Å². The van der Waals surface area contributed by atoms with Gasteiger partial charge in [0.05, 0.1) is 23.9 Å². The summed E-state index contributed by atoms with van der Waals surface area (Å²) in [6.07, 6.45) is -3.61. The molecule has 0 radical (unpaired) electrons. The van der Waals surface area contributed by atoms with Crippen molar-refractivity contribution >= 4 is 29.7 Å². The van der Waals surface area contributed by atoms with Gasteiger partial charge in [-0.2, -0.15) is 0 Å². The number of nitrogens with one attached hydrogen (secondary N) is 2. The molecule has 2 aliphatic rings. The first-order valence-electron chi connectivity index (χ1n) is 10.4. The van der Waals surface area contributed by atoms with E-state index < -0.39 is 54.0 Å². The Morgan fingerprint density at radius 3 is 2.00 bits per heavy atom. The van der Waals surface area contributed by atoms with E-state index in [-0.39, 0.29) is 31.4 Å². The van der Waals surface area contributed by atoms with Crippen molar-refractivity contribution in [3.63, 3.8) is 0 Å². The van der Waals surface area contributed by atoms with Gasteiger partial charge in [0, 0.05) is 26.2 Å². The standard InChI is InChI=1S/C19H31N5O8/c1-9(13(25)15(20)27)21-16(28)11-3-5-23(7-11)17(29)12-4-6-24(8-12)18(30)14(26)10(2)22-19(31)32/h9-14,22,25-26H,3-8H2,1-2H3,(H2,20,27)(H,21,28)(H,31,32)/t9-,10-,11-,12-,13+,14+/m0/s1. The molecule has 2 aliphatic heterocycles. The molecule has 0 bridgehead atoms. The first kappa shape index (κ1) is 25.3. The highest BCUT2D eigenvalue weighted by Gasteiger charge is 2.40. The van der Waals surface area contributed by atoms with Crippen molar-refractivity contribution in [3.05, 3.63) is 0 Å². The predicted molar refractivity (Wildman–Crippen MR) is 109 cm³/mol. The molecule has 2 saturated heterocycles. The summed E-state index contributed by atoms with van der Waals surface area (Å²) in [5, 5.41) is 33.0. The van der Waals surface area contributed by atoms with Gasteiger partial charge in [0.1, 0.15) is 0 Å². The van der Waals surface area contributed by atoms with Crippen LogP contribution in [0.3, 0.4) is 0 Å². The Hall–Kier alpha value is -2.93. The van der Waals surface area contributed by atoms with E-state index in [2.05, 4.69) is 5.32 Å². The number of aliphatic hydroxyl groups is 2. The van der Waals surface area contributed by atoms with Crippen LogP contribution >= 0.6 is 0 Å². The van der Waals surface area contributed by atoms with Crippen LogP contribution in [0.5, 0.6) is 0 Å². The third kappa shape index (κ3) is 6.07. The van der Waals surface area contributed by atoms with E-state index in [1.165, 1.54) is 18.7 Å². The van der Waals surface area contributed by atoms with Crippen LogP contribution in [0.2, 0.25) is 0 Å². The largest absolute Gasteiger partial charge is 0.465 e. The van der Waals surface area contributed by atoms with Gasteiger partial charge >= 0.3 is 6.09 Å². The number of rotatable bonds is 8. The smallest absolute Gasteiger partial charge is 0.404 e. The molecule has 0 aromatic carbocycles. The highest BCUT2D eigenvalue weighted by atomic mass is 16.4. The van der Waals surface area contributed by atoms with E-state index >= 15 is 0 Å². The van der Waals surface area contributed by atoms with Crippen molar-refractivity contribution in [2.75, 3.05) is 26.2 Å². The molecule has 13 nitrogen and oxygen atoms in total. The molecule has 0 aromatic rings. The fourth-order valence-corrected chi connectivity index (χ4v) is 3.94. The van der Waals surface area contributed by atoms with Gasteiger partial charge in [0.2, 0.25) is 17.7 Å². The number of nitrogens with two attached hydrogens (primary N) is 1. The van der Waals surface area contributed by atoms with Gasteiger partial charge in [-0.1, -0.05) is 0 Å². The molecule has 0 aromatic heterocycles. The van der Waals surface area contributed by atoms with Gasteiger partial charge in [-0.15, -0.1) is 0 Å². The van der Waals surface area contributed by atoms with Crippen LogP contribution < -0.4 is 16.4 Å². The number of aliphatic hydroxyl groups excluding tert-OH is 2. The van der Waals surface area contributed by atoms with Gasteiger partial charge in [0.25, 0.3) is 5.91 Å². The lowest BCUT2D eigenvalue weighted by atomic mass is 10.1. The van der Waals surface area contributed by atoms with Crippen LogP contribution in [0.25, 0.3) is 0 Å². The lowest BCUT2D eigenvalue weighted by Crippen LogP contribution is -2.50. The van der Waals surface area contributed by atoms with Crippen molar-refractivity contribution in [1.82, 2.24) is 20.4 Å². The molecule has 0 saturated carbocycles. The maximum atomic E-state index is 12.9. The summed E-state index contributed by atoms with van der Waals surface area (Å²) in [5.41, 5.74) is 5.02. The quantitative estimate of drug-likeness (QED) is 0.222. The van der Waals surface area contributed by atoms with E-state index in [0.717, 1.165) is 0 Å². The maximum absolute atomic E-state index is 12.9. The van der Waals surface area contributed by atoms with E-state index in [1.807, 2.05) is 5.32 Å². The molecule has 0 spiro atoms. The molecule has 7 N–H and O–H groups in total. The van der Waals surface area contributed by atoms with Crippen LogP contribution in [0.4, 0.5) is 4.79 Å². The number of amides is 5. The first-order chi connectivity index (χ1) is 14.9. The fourth-order valence-electron chi connectivity index (χ4n) is 3.94. The molecular weight excluding hydrogens is 426 g/mol. The molecule has 2 rings (SSSR count). The van der Waals surface area contributed by atoms with E-state index in [0.29, 0.717) is 19.4 Å². The average Bonchev–Trinajstić information content (AvgIpc) is 3.40. The van der Waals surface area contributed by atoms with Gasteiger partial charge < -0.3 is 41.5 Å². The van der Waals surface area contributed by atoms with Crippen LogP contribution in [0.15, 0.2) is 0 Å². The van der Waals surface area contributed by atoms with Gasteiger partial charge in [-0.3, -0.25) is 19.2 Å². The van der Waals surface area contributed by atoms with Gasteiger partial charge in [-0.25, -0.2) is 4.79 Å². The summed E-state index contributed by atoms with van der Waals surface area (Å²) in [4.78, 5) is 62.3. The van der Waals surface area contributed by atoms with Crippen LogP contribution in [-0.4, -0.2) is 105 Å². The summed E-state index contributed by atoms with van der Waals surface area (Å²) in [5.74, 6) is -3.16. The summed E-state index contributed by atoms with van der Waals surface area (Å²) >= 11 is 0. The summed E-state index contributed by atoms with van der Waals surface area (Å²) < 4.78 is 0. The highest BCUT2D eigenvalue weighted by Crippen LogP contribution is 2.24. The number of nitrogens with zero attached hydrogens (tertiary/aromatic N) is 2. The minimum Gasteiger partial charge on any atom is -0.465 e. The van der Waals surface area contributed by atoms with E-state index in [4.69, 9.17) is 10.8 Å². The van der Waals surface area contributed by atoms with Crippen molar-refractivity contribution in [2.45, 2.75) is 51.0 Å². The minimum absolute atomic E-state index is 0.101. The lowest BCUT2D eigenvalue weighted by Gasteiger charge is -2.25. The number of hydrogen-bond acceptors (Lipinski definition) is 7. The number of carbonyl (C=O) groups is 5. The predicted octanol–water partition coefficient (Wildman–Crippen LogP) is -2.95. The third-order valence-corrected chi connectivity index (χ3v) is 5.93. The molecule has 5 amide bonds. The Morgan fingerprint density at radius 1 is 0.875 bits per heavy atom. The number of likely N-dealkylation sites (tertiary alicyclic amines) is 2. The number of hydrogen-bond donors (Lipinski definition) is 6. The van der Waals surface area contributed by atoms with Gasteiger partial charge in [0.15, 0.2) is 12.2 Å². The summed E-state index contributed by atoms with van der Waals surface area (Å²) in [7, 11) is 0. The average molecular weight is 457 g/mol. The molecule has 32 heavy (non-hydrogen) atoms. The van der Waals surface area contributed by atoms with Crippen molar-refractivity contribution in [2.24, 2.45) is 17.6 Å². The van der Waals surface area contributed by atoms with Crippen LogP contribution in [-0.2, 0) is 19.2 Å². The zero-order valence-electron chi connectivity index (χ0n) is 18.1. The normalized spacial score (nSPS) is 24.4. The molecule has 2 fully saturated rings. The molecule has 0 unspecified atom stereocenters. The Balaban J connectivity index is 1.86. The second-order valence-electron chi connectivity index (χ2n) is 8.37. The van der Waals surface area contributed by atoms with Crippen molar-refractivity contribution < 1.29 is 39.3 Å². The van der Waals surface area contributed by atoms with E-state index in [1.54, 1.807) is 4.90 Å². The number of carboxylic acid groups (broad SMARTS) is 1. The molecule has 2 heterocycles. The Labute approximate surface area is 184 Å². The van der Waals surface area contributed by atoms with E-state index in [9.17, 15) is 34.2 Å². The zero-order valence-corrected chi connectivity index (χ0v) is 18.1. The monoisotopic (exact) mass is 457 g/mol. The third-order valence-electron chi connectivity index (χ3n) is 5.93.